The lowest BCUT2D eigenvalue weighted by Gasteiger charge is -2.28. The van der Waals surface area contributed by atoms with E-state index in [2.05, 4.69) is 27.7 Å². The molecule has 52 heavy (non-hydrogen) atoms. The van der Waals surface area contributed by atoms with Crippen molar-refractivity contribution in [1.29, 1.82) is 0 Å². The van der Waals surface area contributed by atoms with Crippen molar-refractivity contribution in [2.45, 2.75) is 304 Å². The maximum absolute atomic E-state index is 2.36. The highest BCUT2D eigenvalue weighted by atomic mass is 31.2. The van der Waals surface area contributed by atoms with Crippen molar-refractivity contribution in [1.82, 2.24) is 0 Å². The molecule has 0 amide bonds. The van der Waals surface area contributed by atoms with Gasteiger partial charge >= 0.3 is 0 Å². The lowest BCUT2D eigenvalue weighted by molar-refractivity contribution is 0.545. The molecule has 0 aromatic rings. The number of rotatable bonds is 47. The van der Waals surface area contributed by atoms with Gasteiger partial charge in [-0.1, -0.05) is 252 Å². The normalized spacial score (nSPS) is 12.0. The average molecular weight is 750 g/mol. The van der Waals surface area contributed by atoms with Gasteiger partial charge in [0.05, 0.1) is 24.6 Å². The van der Waals surface area contributed by atoms with Crippen molar-refractivity contribution in [2.75, 3.05) is 24.6 Å². The maximum atomic E-state index is 2.36. The van der Waals surface area contributed by atoms with Crippen LogP contribution in [0.1, 0.15) is 304 Å². The lowest BCUT2D eigenvalue weighted by atomic mass is 10.1. The first-order valence-corrected chi connectivity index (χ1v) is 28.1. The van der Waals surface area contributed by atoms with E-state index in [0.29, 0.717) is 0 Å². The molecule has 0 aromatic heterocycles. The molecule has 0 saturated heterocycles. The van der Waals surface area contributed by atoms with Gasteiger partial charge in [-0.15, -0.1) is 0 Å². The minimum Gasteiger partial charge on any atom is -0.0654 e. The molecule has 0 nitrogen and oxygen atoms in total. The van der Waals surface area contributed by atoms with Gasteiger partial charge in [0.1, 0.15) is 0 Å². The molecule has 0 atom stereocenters. The van der Waals surface area contributed by atoms with Gasteiger partial charge in [0.15, 0.2) is 0 Å². The average Bonchev–Trinajstić information content (AvgIpc) is 3.15. The van der Waals surface area contributed by atoms with E-state index in [-0.39, 0.29) is 0 Å². The topological polar surface area (TPSA) is 0 Å². The molecule has 0 saturated carbocycles. The molecule has 0 fully saturated rings. The summed E-state index contributed by atoms with van der Waals surface area (Å²) in [6, 6.07) is 0. The molecule has 0 spiro atoms. The first kappa shape index (κ1) is 52.4. The summed E-state index contributed by atoms with van der Waals surface area (Å²) in [7, 11) is -0.797. The highest BCUT2D eigenvalue weighted by Gasteiger charge is 2.35. The van der Waals surface area contributed by atoms with Crippen molar-refractivity contribution in [2.24, 2.45) is 0 Å². The SMILES string of the molecule is CCCCCCCCCCCCCC[P+](CCCCCCCCC)(CCCCCCCCCCCCCC)CCCCCCCCCCCCCC. The van der Waals surface area contributed by atoms with E-state index in [1.165, 1.54) is 250 Å². The quantitative estimate of drug-likeness (QED) is 0.0429. The van der Waals surface area contributed by atoms with Crippen LogP contribution in [0, 0.1) is 0 Å². The Bertz CT molecular complexity index is 543. The molecule has 0 aliphatic rings. The monoisotopic (exact) mass is 750 g/mol. The van der Waals surface area contributed by atoms with Crippen LogP contribution in [-0.2, 0) is 0 Å². The summed E-state index contributed by atoms with van der Waals surface area (Å²) in [6.45, 7) is 9.36. The molecule has 0 bridgehead atoms. The Morgan fingerprint density at radius 3 is 0.404 bits per heavy atom. The van der Waals surface area contributed by atoms with E-state index in [4.69, 9.17) is 0 Å². The largest absolute Gasteiger partial charge is 0.0654 e. The zero-order valence-electron chi connectivity index (χ0n) is 37.7. The number of unbranched alkanes of at least 4 members (excludes halogenated alkanes) is 39. The van der Waals surface area contributed by atoms with Gasteiger partial charge in [0.2, 0.25) is 0 Å². The molecule has 1 heteroatoms. The third kappa shape index (κ3) is 40.1. The molecule has 0 aromatic carbocycles. The molecule has 314 valence electrons. The Balaban J connectivity index is 4.80. The molecule has 0 aliphatic carbocycles. The Morgan fingerprint density at radius 2 is 0.269 bits per heavy atom. The molecule has 0 rings (SSSR count). The van der Waals surface area contributed by atoms with Crippen LogP contribution in [0.2, 0.25) is 0 Å². The molecular formula is C51H106P+. The van der Waals surface area contributed by atoms with E-state index in [1.807, 2.05) is 0 Å². The predicted octanol–water partition coefficient (Wildman–Crippen LogP) is 19.9. The second kappa shape index (κ2) is 45.8. The molecule has 0 radical (unpaired) electrons. The highest BCUT2D eigenvalue weighted by Crippen LogP contribution is 2.61. The van der Waals surface area contributed by atoms with Crippen LogP contribution < -0.4 is 0 Å². The van der Waals surface area contributed by atoms with Crippen LogP contribution >= 0.6 is 7.26 Å². The predicted molar refractivity (Wildman–Crippen MR) is 248 cm³/mol. The third-order valence-corrected chi connectivity index (χ3v) is 17.8. The second-order valence-corrected chi connectivity index (χ2v) is 22.5. The van der Waals surface area contributed by atoms with E-state index in [0.717, 1.165) is 0 Å². The maximum Gasteiger partial charge on any atom is 0.0594 e. The van der Waals surface area contributed by atoms with E-state index >= 15 is 0 Å². The van der Waals surface area contributed by atoms with Crippen LogP contribution in [0.25, 0.3) is 0 Å². The second-order valence-electron chi connectivity index (χ2n) is 18.0. The molecule has 0 N–H and O–H groups in total. The Kier molecular flexibility index (Phi) is 46.2. The summed E-state index contributed by atoms with van der Waals surface area (Å²) < 4.78 is 0. The number of hydrogen-bond donors (Lipinski definition) is 0. The lowest BCUT2D eigenvalue weighted by Crippen LogP contribution is -2.13. The van der Waals surface area contributed by atoms with Crippen LogP contribution in [0.5, 0.6) is 0 Å². The van der Waals surface area contributed by atoms with Gasteiger partial charge in [-0.2, -0.15) is 0 Å². The van der Waals surface area contributed by atoms with E-state index in [1.54, 1.807) is 50.3 Å². The fourth-order valence-electron chi connectivity index (χ4n) is 8.94. The van der Waals surface area contributed by atoms with Crippen molar-refractivity contribution in [3.63, 3.8) is 0 Å². The van der Waals surface area contributed by atoms with Gasteiger partial charge in [-0.25, -0.2) is 0 Å². The van der Waals surface area contributed by atoms with E-state index in [9.17, 15) is 0 Å². The Morgan fingerprint density at radius 1 is 0.154 bits per heavy atom. The minimum atomic E-state index is -0.797. The molecule has 0 unspecified atom stereocenters. The van der Waals surface area contributed by atoms with Crippen LogP contribution in [0.4, 0.5) is 0 Å². The first-order chi connectivity index (χ1) is 25.7. The smallest absolute Gasteiger partial charge is 0.0594 e. The fourth-order valence-corrected chi connectivity index (χ4v) is 13.9. The van der Waals surface area contributed by atoms with Gasteiger partial charge in [0.25, 0.3) is 0 Å². The first-order valence-electron chi connectivity index (χ1n) is 25.6. The summed E-state index contributed by atoms with van der Waals surface area (Å²) in [5.74, 6) is 0. The zero-order chi connectivity index (χ0) is 37.7. The van der Waals surface area contributed by atoms with Crippen molar-refractivity contribution in [3.05, 3.63) is 0 Å². The van der Waals surface area contributed by atoms with Crippen LogP contribution in [0.15, 0.2) is 0 Å². The van der Waals surface area contributed by atoms with Crippen molar-refractivity contribution < 1.29 is 0 Å². The van der Waals surface area contributed by atoms with Gasteiger partial charge in [-0.05, 0) is 51.4 Å². The molecule has 0 aliphatic heterocycles. The van der Waals surface area contributed by atoms with Gasteiger partial charge in [0, 0.05) is 7.26 Å². The standard InChI is InChI=1S/C51H106P/c1-5-9-13-17-21-24-27-30-33-37-41-45-49-52(48-44-40-36-20-16-12-8-4,50-46-42-38-34-31-28-25-22-18-14-10-6-2)51-47-43-39-35-32-29-26-23-19-15-11-7-3/h5-51H2,1-4H3/q+1. The van der Waals surface area contributed by atoms with Gasteiger partial charge < -0.3 is 0 Å². The van der Waals surface area contributed by atoms with Gasteiger partial charge in [-0.3, -0.25) is 0 Å². The summed E-state index contributed by atoms with van der Waals surface area (Å²) in [6.07, 6.45) is 70.7. The molecule has 0 heterocycles. The summed E-state index contributed by atoms with van der Waals surface area (Å²) in [5, 5.41) is 0. The van der Waals surface area contributed by atoms with Crippen molar-refractivity contribution >= 4 is 7.26 Å². The Hall–Kier alpha value is 0.430. The van der Waals surface area contributed by atoms with Crippen LogP contribution in [-0.4, -0.2) is 24.6 Å². The summed E-state index contributed by atoms with van der Waals surface area (Å²) >= 11 is 0. The van der Waals surface area contributed by atoms with Crippen LogP contribution in [0.3, 0.4) is 0 Å². The minimum absolute atomic E-state index is 0.797. The zero-order valence-corrected chi connectivity index (χ0v) is 38.6. The van der Waals surface area contributed by atoms with E-state index < -0.39 is 7.26 Å². The third-order valence-electron chi connectivity index (χ3n) is 12.7. The highest BCUT2D eigenvalue weighted by molar-refractivity contribution is 7.75. The van der Waals surface area contributed by atoms with Crippen molar-refractivity contribution in [3.8, 4) is 0 Å². The fraction of sp³-hybridized carbons (Fsp3) is 1.00. The summed E-state index contributed by atoms with van der Waals surface area (Å²) in [4.78, 5) is 0. The molecular weight excluding hydrogens is 644 g/mol. The summed E-state index contributed by atoms with van der Waals surface area (Å²) in [5.41, 5.74) is 0. The number of hydrogen-bond acceptors (Lipinski definition) is 0. The Labute approximate surface area is 334 Å².